The lowest BCUT2D eigenvalue weighted by Gasteiger charge is -2.37. The smallest absolute Gasteiger partial charge is 0.251 e. The minimum atomic E-state index is -0.730. The highest BCUT2D eigenvalue weighted by atomic mass is 16.2. The number of carbonyl (C=O) groups excluding carboxylic acids is 5. The number of carbonyl (C=O) groups is 5. The van der Waals surface area contributed by atoms with Crippen LogP contribution in [0.4, 0.5) is 0 Å². The van der Waals surface area contributed by atoms with Crippen molar-refractivity contribution in [2.45, 2.75) is 110 Å². The molecule has 53 heavy (non-hydrogen) atoms. The van der Waals surface area contributed by atoms with Gasteiger partial charge in [0, 0.05) is 31.2 Å². The zero-order valence-corrected chi connectivity index (χ0v) is 32.7. The first-order valence-corrected chi connectivity index (χ1v) is 19.0. The van der Waals surface area contributed by atoms with Gasteiger partial charge < -0.3 is 36.4 Å². The minimum Gasteiger partial charge on any atom is -0.347 e. The van der Waals surface area contributed by atoms with Crippen LogP contribution in [-0.4, -0.2) is 97.2 Å². The molecule has 1 fully saturated rings. The normalized spacial score (nSPS) is 21.2. The Morgan fingerprint density at radius 3 is 2.23 bits per heavy atom. The van der Waals surface area contributed by atoms with Gasteiger partial charge in [-0.2, -0.15) is 0 Å². The molecule has 12 heteroatoms. The number of hydrogen-bond acceptors (Lipinski definition) is 7. The second-order valence-corrected chi connectivity index (χ2v) is 17.0. The van der Waals surface area contributed by atoms with E-state index in [2.05, 4.69) is 38.7 Å². The summed E-state index contributed by atoms with van der Waals surface area (Å²) in [6.07, 6.45) is 3.66. The molecule has 12 nitrogen and oxygen atoms in total. The number of nitrogens with one attached hydrogen (secondary N) is 5. The molecule has 5 rings (SSSR count). The second-order valence-electron chi connectivity index (χ2n) is 17.0. The number of benzene rings is 2. The number of rotatable bonds is 10. The number of fused-ring (bicyclic) bond motifs is 2. The summed E-state index contributed by atoms with van der Waals surface area (Å²) >= 11 is 0. The molecular weight excluding hydrogens is 670 g/mol. The van der Waals surface area contributed by atoms with E-state index in [1.54, 1.807) is 30.0 Å². The van der Waals surface area contributed by atoms with E-state index in [9.17, 15) is 24.0 Å². The van der Waals surface area contributed by atoms with Gasteiger partial charge in [0.1, 0.15) is 12.1 Å². The quantitative estimate of drug-likeness (QED) is 0.252. The number of hydrogen-bond donors (Lipinski definition) is 5. The summed E-state index contributed by atoms with van der Waals surface area (Å²) in [5.74, 6) is -1.01. The molecule has 288 valence electrons. The molecule has 3 unspecified atom stereocenters. The molecule has 2 heterocycles. The summed E-state index contributed by atoms with van der Waals surface area (Å²) < 4.78 is 0. The third-order valence-corrected chi connectivity index (χ3v) is 10.9. The van der Waals surface area contributed by atoms with Crippen molar-refractivity contribution in [3.8, 4) is 0 Å². The van der Waals surface area contributed by atoms with Crippen molar-refractivity contribution in [1.29, 1.82) is 0 Å². The van der Waals surface area contributed by atoms with Crippen LogP contribution in [0.25, 0.3) is 0 Å². The number of aryl methyl sites for hydroxylation is 1. The maximum Gasteiger partial charge on any atom is 0.251 e. The van der Waals surface area contributed by atoms with Crippen molar-refractivity contribution in [2.75, 3.05) is 33.7 Å². The second kappa shape index (κ2) is 16.4. The lowest BCUT2D eigenvalue weighted by molar-refractivity contribution is -0.142. The number of nitrogens with zero attached hydrogens (tertiary/aromatic N) is 2. The van der Waals surface area contributed by atoms with Gasteiger partial charge in [-0.05, 0) is 91.4 Å². The van der Waals surface area contributed by atoms with E-state index in [0.717, 1.165) is 36.0 Å². The largest absolute Gasteiger partial charge is 0.347 e. The Bertz CT molecular complexity index is 1700. The van der Waals surface area contributed by atoms with E-state index in [1.165, 1.54) is 5.56 Å². The van der Waals surface area contributed by atoms with E-state index in [0.29, 0.717) is 31.5 Å². The first-order valence-electron chi connectivity index (χ1n) is 19.0. The molecule has 3 aliphatic rings. The molecule has 0 bridgehead atoms. The molecule has 5 amide bonds. The van der Waals surface area contributed by atoms with Crippen LogP contribution in [0.3, 0.4) is 0 Å². The number of amides is 5. The Morgan fingerprint density at radius 2 is 1.55 bits per heavy atom. The lowest BCUT2D eigenvalue weighted by atomic mass is 9.85. The highest BCUT2D eigenvalue weighted by Gasteiger charge is 2.45. The van der Waals surface area contributed by atoms with Crippen molar-refractivity contribution >= 4 is 29.5 Å². The molecule has 0 aromatic heterocycles. The van der Waals surface area contributed by atoms with E-state index in [-0.39, 0.29) is 48.7 Å². The molecule has 5 N–H and O–H groups in total. The van der Waals surface area contributed by atoms with Crippen molar-refractivity contribution in [2.24, 2.45) is 10.8 Å². The molecule has 2 aromatic carbocycles. The van der Waals surface area contributed by atoms with Gasteiger partial charge in [-0.1, -0.05) is 71.9 Å². The van der Waals surface area contributed by atoms with E-state index >= 15 is 0 Å². The molecule has 2 aliphatic heterocycles. The van der Waals surface area contributed by atoms with Crippen molar-refractivity contribution in [1.82, 2.24) is 36.4 Å². The van der Waals surface area contributed by atoms with Gasteiger partial charge in [-0.3, -0.25) is 24.0 Å². The fourth-order valence-electron chi connectivity index (χ4n) is 8.05. The van der Waals surface area contributed by atoms with Crippen LogP contribution in [0, 0.1) is 10.8 Å². The topological polar surface area (TPSA) is 152 Å². The lowest BCUT2D eigenvalue weighted by Crippen LogP contribution is -2.56. The highest BCUT2D eigenvalue weighted by molar-refractivity contribution is 5.96. The average molecular weight is 730 g/mol. The van der Waals surface area contributed by atoms with Crippen LogP contribution in [0.15, 0.2) is 42.5 Å². The van der Waals surface area contributed by atoms with Gasteiger partial charge in [-0.25, -0.2) is 0 Å². The summed E-state index contributed by atoms with van der Waals surface area (Å²) in [7, 11) is 3.45. The van der Waals surface area contributed by atoms with Gasteiger partial charge in [0.15, 0.2) is 0 Å². The minimum absolute atomic E-state index is 0.124. The van der Waals surface area contributed by atoms with Gasteiger partial charge in [0.05, 0.1) is 18.6 Å². The maximum absolute atomic E-state index is 14.1. The Morgan fingerprint density at radius 1 is 0.830 bits per heavy atom. The molecule has 2 aromatic rings. The van der Waals surface area contributed by atoms with Gasteiger partial charge in [-0.15, -0.1) is 0 Å². The zero-order chi connectivity index (χ0) is 38.7. The van der Waals surface area contributed by atoms with E-state index < -0.39 is 35.0 Å². The van der Waals surface area contributed by atoms with Crippen molar-refractivity contribution < 1.29 is 24.0 Å². The third kappa shape index (κ3) is 9.27. The average Bonchev–Trinajstić information content (AvgIpc) is 3.53. The first-order chi connectivity index (χ1) is 25.0. The fourth-order valence-corrected chi connectivity index (χ4v) is 8.05. The van der Waals surface area contributed by atoms with E-state index in [1.807, 2.05) is 65.8 Å². The van der Waals surface area contributed by atoms with Crippen LogP contribution in [0.2, 0.25) is 0 Å². The number of likely N-dealkylation sites (tertiary alicyclic amines) is 1. The van der Waals surface area contributed by atoms with Crippen LogP contribution in [-0.2, 0) is 38.6 Å². The van der Waals surface area contributed by atoms with Crippen LogP contribution in [0.1, 0.15) is 99.5 Å². The third-order valence-electron chi connectivity index (χ3n) is 10.9. The first kappa shape index (κ1) is 39.9. The van der Waals surface area contributed by atoms with Crippen LogP contribution >= 0.6 is 0 Å². The van der Waals surface area contributed by atoms with Gasteiger partial charge in [0.2, 0.25) is 23.6 Å². The summed E-state index contributed by atoms with van der Waals surface area (Å²) in [5.41, 5.74) is 3.92. The zero-order valence-electron chi connectivity index (χ0n) is 32.7. The molecule has 0 saturated carbocycles. The molecule has 5 atom stereocenters. The Labute approximate surface area is 314 Å². The molecular formula is C41H59N7O5. The number of likely N-dealkylation sites (N-methyl/N-ethyl adjacent to an activating group) is 2. The highest BCUT2D eigenvalue weighted by Crippen LogP contribution is 2.32. The summed E-state index contributed by atoms with van der Waals surface area (Å²) in [6, 6.07) is 11.3. The maximum atomic E-state index is 14.1. The molecule has 0 radical (unpaired) electrons. The SMILES string of the molecule is CNCC(=O)NC(C(=O)N1CCc2cc(C(=O)NC3C[C@@H](C(=O)NC4CCCc5ccccc54)N(C(=O)[C@@H](NC)C(C)(C)C)C3)ccc2C1)C(C)(C)C. The monoisotopic (exact) mass is 729 g/mol. The fraction of sp³-hybridized carbons (Fsp3) is 0.585. The van der Waals surface area contributed by atoms with Crippen molar-refractivity contribution in [3.63, 3.8) is 0 Å². The van der Waals surface area contributed by atoms with Gasteiger partial charge >= 0.3 is 0 Å². The van der Waals surface area contributed by atoms with Crippen LogP contribution in [0.5, 0.6) is 0 Å². The van der Waals surface area contributed by atoms with Gasteiger partial charge in [0.25, 0.3) is 5.91 Å². The summed E-state index contributed by atoms with van der Waals surface area (Å²) in [4.78, 5) is 71.3. The summed E-state index contributed by atoms with van der Waals surface area (Å²) in [6.45, 7) is 13.0. The van der Waals surface area contributed by atoms with Crippen molar-refractivity contribution in [3.05, 3.63) is 70.3 Å². The Balaban J connectivity index is 1.29. The Hall–Kier alpha value is -4.29. The standard InChI is InChI=1S/C41H59N7O5/c1-40(2,3)34(43-8)39(53)48-24-29(21-32(48)37(51)45-31-15-11-13-25-12-9-10-14-30(25)31)44-36(50)27-16-17-28-23-47(19-18-26(28)20-27)38(52)35(41(4,5)6)46-33(49)22-42-7/h9-10,12,14,16-17,20,29,31-32,34-35,42-43H,11,13,15,18-19,21-24H2,1-8H3,(H,44,50)(H,45,51)(H,46,49)/t29?,31?,32-,34+,35?/m0/s1. The summed E-state index contributed by atoms with van der Waals surface area (Å²) in [5, 5.41) is 15.3. The van der Waals surface area contributed by atoms with Crippen LogP contribution < -0.4 is 26.6 Å². The predicted molar refractivity (Wildman–Crippen MR) is 205 cm³/mol. The Kier molecular flexibility index (Phi) is 12.3. The molecule has 1 saturated heterocycles. The molecule has 0 spiro atoms. The van der Waals surface area contributed by atoms with E-state index in [4.69, 9.17) is 0 Å². The predicted octanol–water partition coefficient (Wildman–Crippen LogP) is 2.85. The molecule has 1 aliphatic carbocycles.